The van der Waals surface area contributed by atoms with Crippen LogP contribution >= 0.6 is 0 Å². The van der Waals surface area contributed by atoms with Crippen molar-refractivity contribution in [3.63, 3.8) is 0 Å². The zero-order valence-electron chi connectivity index (χ0n) is 6.01. The molecule has 0 saturated carbocycles. The van der Waals surface area contributed by atoms with Crippen LogP contribution in [0, 0.1) is 18.4 Å². The Hall–Kier alpha value is -1.17. The third kappa shape index (κ3) is 4.98. The molecule has 0 fully saturated rings. The van der Waals surface area contributed by atoms with Crippen LogP contribution in [0.1, 0.15) is 13.3 Å². The number of hydrogen-bond donors (Lipinski definition) is 0. The fourth-order valence-electron chi connectivity index (χ4n) is 0.302. The number of carbonyl (C=O) groups excluding carboxylic acids is 1. The van der Waals surface area contributed by atoms with Gasteiger partial charge in [0, 0.05) is 0 Å². The topological polar surface area (TPSA) is 35.5 Å². The summed E-state index contributed by atoms with van der Waals surface area (Å²) in [4.78, 5) is 10.3. The second-order valence-electron chi connectivity index (χ2n) is 1.37. The maximum absolute atomic E-state index is 10.3. The van der Waals surface area contributed by atoms with Crippen LogP contribution in [-0.2, 0) is 9.47 Å². The molecule has 0 N–H and O–H groups in total. The monoisotopic (exact) mass is 141 g/mol. The van der Waals surface area contributed by atoms with Crippen molar-refractivity contribution < 1.29 is 14.3 Å². The lowest BCUT2D eigenvalue weighted by molar-refractivity contribution is 0.0932. The highest BCUT2D eigenvalue weighted by Crippen LogP contribution is 1.89. The highest BCUT2D eigenvalue weighted by Gasteiger charge is 1.97. The molecule has 0 unspecified atom stereocenters. The fraction of sp³-hybridized carbons (Fsp3) is 0.429. The number of carbonyl (C=O) groups is 1. The van der Waals surface area contributed by atoms with Crippen LogP contribution in [0.15, 0.2) is 0 Å². The lowest BCUT2D eigenvalue weighted by atomic mass is 10.4. The van der Waals surface area contributed by atoms with E-state index < -0.39 is 6.16 Å². The summed E-state index contributed by atoms with van der Waals surface area (Å²) in [6, 6.07) is 0. The predicted octanol–water partition coefficient (Wildman–Crippen LogP) is 1.34. The molecule has 0 atom stereocenters. The quantitative estimate of drug-likeness (QED) is 0.331. The molecule has 0 amide bonds. The van der Waals surface area contributed by atoms with Crippen molar-refractivity contribution in [2.75, 3.05) is 7.11 Å². The van der Waals surface area contributed by atoms with Gasteiger partial charge in [0.05, 0.1) is 13.5 Å². The third-order valence-electron chi connectivity index (χ3n) is 0.708. The Bertz CT molecular complexity index is 152. The second kappa shape index (κ2) is 5.96. The minimum Gasteiger partial charge on any atom is -0.438 e. The van der Waals surface area contributed by atoms with Crippen LogP contribution in [0.2, 0.25) is 0 Å². The summed E-state index contributed by atoms with van der Waals surface area (Å²) in [6.45, 7) is 3.01. The molecule has 0 aromatic heterocycles. The molecule has 0 aliphatic heterocycles. The highest BCUT2D eigenvalue weighted by molar-refractivity contribution is 5.60. The van der Waals surface area contributed by atoms with E-state index in [0.29, 0.717) is 6.42 Å². The summed E-state index contributed by atoms with van der Waals surface area (Å²) in [5.74, 6) is 5.34. The first-order chi connectivity index (χ1) is 4.81. The average molecular weight is 141 g/mol. The maximum atomic E-state index is 10.3. The van der Waals surface area contributed by atoms with E-state index in [1.54, 1.807) is 6.92 Å². The lowest BCUT2D eigenvalue weighted by Crippen LogP contribution is -2.00. The molecular formula is C7H9O3. The van der Waals surface area contributed by atoms with Gasteiger partial charge in [-0.2, -0.15) is 0 Å². The largest absolute Gasteiger partial charge is 0.508 e. The Morgan fingerprint density at radius 1 is 1.70 bits per heavy atom. The van der Waals surface area contributed by atoms with Gasteiger partial charge < -0.3 is 9.47 Å². The zero-order chi connectivity index (χ0) is 7.82. The second-order valence-corrected chi connectivity index (χ2v) is 1.37. The van der Waals surface area contributed by atoms with Crippen molar-refractivity contribution in [2.24, 2.45) is 0 Å². The predicted molar refractivity (Wildman–Crippen MR) is 35.9 cm³/mol. The molecule has 55 valence electrons. The van der Waals surface area contributed by atoms with Crippen LogP contribution in [0.25, 0.3) is 0 Å². The van der Waals surface area contributed by atoms with E-state index in [2.05, 4.69) is 21.3 Å². The van der Waals surface area contributed by atoms with Gasteiger partial charge in [0.2, 0.25) is 0 Å². The van der Waals surface area contributed by atoms with Gasteiger partial charge in [0.1, 0.15) is 0 Å². The summed E-state index contributed by atoms with van der Waals surface area (Å²) in [6.07, 6.45) is -0.274. The first-order valence-corrected chi connectivity index (χ1v) is 2.77. The van der Waals surface area contributed by atoms with Gasteiger partial charge in [0.25, 0.3) is 0 Å². The standard InChI is InChI=1S/C7H9O3/c1-3-4-5-6-10-7(8)9-2/h6H,5H2,1-2H3. The molecule has 0 rings (SSSR count). The maximum Gasteiger partial charge on any atom is 0.508 e. The third-order valence-corrected chi connectivity index (χ3v) is 0.708. The van der Waals surface area contributed by atoms with Gasteiger partial charge in [-0.1, -0.05) is 5.92 Å². The van der Waals surface area contributed by atoms with Crippen LogP contribution in [0.4, 0.5) is 4.79 Å². The molecule has 0 bridgehead atoms. The molecule has 0 aliphatic rings. The molecule has 0 aliphatic carbocycles. The summed E-state index contributed by atoms with van der Waals surface area (Å²) in [5, 5.41) is 0. The Morgan fingerprint density at radius 2 is 2.40 bits per heavy atom. The van der Waals surface area contributed by atoms with E-state index in [-0.39, 0.29) is 0 Å². The fourth-order valence-corrected chi connectivity index (χ4v) is 0.302. The van der Waals surface area contributed by atoms with Gasteiger partial charge in [-0.15, -0.1) is 5.92 Å². The number of rotatable bonds is 2. The molecule has 3 nitrogen and oxygen atoms in total. The van der Waals surface area contributed by atoms with E-state index in [1.807, 2.05) is 0 Å². The Labute approximate surface area is 60.3 Å². The summed E-state index contributed by atoms with van der Waals surface area (Å²) in [7, 11) is 1.25. The van der Waals surface area contributed by atoms with Crippen LogP contribution in [0.5, 0.6) is 0 Å². The molecule has 0 aromatic carbocycles. The van der Waals surface area contributed by atoms with Crippen molar-refractivity contribution in [3.8, 4) is 11.8 Å². The molecular weight excluding hydrogens is 132 g/mol. The first-order valence-electron chi connectivity index (χ1n) is 2.77. The smallest absolute Gasteiger partial charge is 0.438 e. The van der Waals surface area contributed by atoms with E-state index in [1.165, 1.54) is 13.7 Å². The van der Waals surface area contributed by atoms with Gasteiger partial charge in [-0.3, -0.25) is 0 Å². The normalized spacial score (nSPS) is 7.40. The number of methoxy groups -OCH3 is 1. The lowest BCUT2D eigenvalue weighted by Gasteiger charge is -1.96. The molecule has 1 radical (unpaired) electrons. The van der Waals surface area contributed by atoms with Crippen LogP contribution in [0.3, 0.4) is 0 Å². The van der Waals surface area contributed by atoms with E-state index >= 15 is 0 Å². The molecule has 0 saturated heterocycles. The zero-order valence-corrected chi connectivity index (χ0v) is 6.01. The van der Waals surface area contributed by atoms with Crippen LogP contribution < -0.4 is 0 Å². The minimum atomic E-state index is -0.710. The summed E-state index contributed by atoms with van der Waals surface area (Å²) >= 11 is 0. The average Bonchev–Trinajstić information content (AvgIpc) is 1.98. The Kier molecular flexibility index (Phi) is 5.26. The highest BCUT2D eigenvalue weighted by atomic mass is 16.7. The first kappa shape index (κ1) is 8.83. The van der Waals surface area contributed by atoms with Gasteiger partial charge in [0.15, 0.2) is 6.61 Å². The Balaban J connectivity index is 3.17. The van der Waals surface area contributed by atoms with Crippen molar-refractivity contribution >= 4 is 6.16 Å². The SMILES string of the molecule is CC#CC[CH]OC(=O)OC. The molecule has 10 heavy (non-hydrogen) atoms. The van der Waals surface area contributed by atoms with E-state index in [4.69, 9.17) is 0 Å². The summed E-state index contributed by atoms with van der Waals surface area (Å²) in [5.41, 5.74) is 0. The van der Waals surface area contributed by atoms with Crippen molar-refractivity contribution in [1.82, 2.24) is 0 Å². The van der Waals surface area contributed by atoms with E-state index in [0.717, 1.165) is 0 Å². The number of hydrogen-bond acceptors (Lipinski definition) is 3. The molecule has 0 heterocycles. The summed E-state index contributed by atoms with van der Waals surface area (Å²) < 4.78 is 8.59. The van der Waals surface area contributed by atoms with Gasteiger partial charge in [-0.25, -0.2) is 4.79 Å². The minimum absolute atomic E-state index is 0.436. The van der Waals surface area contributed by atoms with Crippen molar-refractivity contribution in [2.45, 2.75) is 13.3 Å². The molecule has 3 heteroatoms. The van der Waals surface area contributed by atoms with Crippen molar-refractivity contribution in [1.29, 1.82) is 0 Å². The van der Waals surface area contributed by atoms with Gasteiger partial charge >= 0.3 is 6.16 Å². The molecule has 0 aromatic rings. The van der Waals surface area contributed by atoms with E-state index in [9.17, 15) is 4.79 Å². The van der Waals surface area contributed by atoms with Gasteiger partial charge in [-0.05, 0) is 6.92 Å². The van der Waals surface area contributed by atoms with Crippen LogP contribution in [-0.4, -0.2) is 13.3 Å². The molecule has 0 spiro atoms. The Morgan fingerprint density at radius 3 is 2.90 bits per heavy atom. The number of ether oxygens (including phenoxy) is 2. The van der Waals surface area contributed by atoms with Crippen molar-refractivity contribution in [3.05, 3.63) is 6.61 Å².